The van der Waals surface area contributed by atoms with Crippen molar-refractivity contribution in [2.24, 2.45) is 5.73 Å². The third-order valence-electron chi connectivity index (χ3n) is 5.68. The number of fused-ring (bicyclic) bond motifs is 1. The lowest BCUT2D eigenvalue weighted by Crippen LogP contribution is -2.19. The zero-order valence-electron chi connectivity index (χ0n) is 15.9. The van der Waals surface area contributed by atoms with E-state index >= 15 is 0 Å². The quantitative estimate of drug-likeness (QED) is 0.501. The van der Waals surface area contributed by atoms with Crippen LogP contribution in [0.2, 0.25) is 0 Å². The number of nitrogens with two attached hydrogens (primary N) is 1. The summed E-state index contributed by atoms with van der Waals surface area (Å²) in [4.78, 5) is 15.3. The minimum atomic E-state index is -2.45. The first-order valence-corrected chi connectivity index (χ1v) is 11.4. The van der Waals surface area contributed by atoms with Crippen LogP contribution in [0, 0.1) is 11.3 Å². The molecule has 1 saturated heterocycles. The van der Waals surface area contributed by atoms with Gasteiger partial charge < -0.3 is 10.7 Å². The minimum absolute atomic E-state index is 0.206. The number of H-pyrrole nitrogens is 1. The number of nitrogens with zero attached hydrogens (tertiary/aromatic N) is 1. The van der Waals surface area contributed by atoms with Gasteiger partial charge in [0.2, 0.25) is 0 Å². The molecule has 7 heteroatoms. The van der Waals surface area contributed by atoms with Gasteiger partial charge in [-0.25, -0.2) is 0 Å². The number of primary amides is 1. The van der Waals surface area contributed by atoms with E-state index in [4.69, 9.17) is 11.0 Å². The lowest BCUT2D eigenvalue weighted by Gasteiger charge is -2.39. The summed E-state index contributed by atoms with van der Waals surface area (Å²) in [6, 6.07) is 13.7. The predicted octanol–water partition coefficient (Wildman–Crippen LogP) is 4.63. The zero-order chi connectivity index (χ0) is 20.6. The summed E-state index contributed by atoms with van der Waals surface area (Å²) in [5, 5.41) is 9.80. The molecule has 0 atom stereocenters. The number of amides is 1. The predicted molar refractivity (Wildman–Crippen MR) is 116 cm³/mol. The Bertz CT molecular complexity index is 1100. The van der Waals surface area contributed by atoms with Crippen molar-refractivity contribution < 1.29 is 13.9 Å². The van der Waals surface area contributed by atoms with Crippen molar-refractivity contribution in [2.45, 2.75) is 25.2 Å². The van der Waals surface area contributed by atoms with Crippen LogP contribution in [0.25, 0.3) is 22.0 Å². The van der Waals surface area contributed by atoms with Crippen LogP contribution in [-0.4, -0.2) is 31.5 Å². The second-order valence-corrected chi connectivity index (χ2v) is 9.99. The highest BCUT2D eigenvalue weighted by Gasteiger charge is 2.27. The van der Waals surface area contributed by atoms with Crippen LogP contribution in [0.1, 0.15) is 40.2 Å². The molecule has 2 aromatic carbocycles. The van der Waals surface area contributed by atoms with Crippen LogP contribution in [0.15, 0.2) is 42.6 Å². The Morgan fingerprint density at radius 2 is 1.86 bits per heavy atom. The van der Waals surface area contributed by atoms with Crippen LogP contribution in [0.5, 0.6) is 0 Å². The molecule has 0 unspecified atom stereocenters. The molecule has 2 heterocycles. The van der Waals surface area contributed by atoms with Crippen LogP contribution < -0.4 is 5.73 Å². The van der Waals surface area contributed by atoms with Crippen LogP contribution >= 0.6 is 10.6 Å². The van der Waals surface area contributed by atoms with Gasteiger partial charge in [-0.15, -0.1) is 0 Å². The van der Waals surface area contributed by atoms with Gasteiger partial charge in [0.25, 0.3) is 5.91 Å². The summed E-state index contributed by atoms with van der Waals surface area (Å²) in [6.07, 6.45) is 3.68. The smallest absolute Gasteiger partial charge is 0.250 e. The largest absolute Gasteiger partial charge is 0.366 e. The third kappa shape index (κ3) is 3.87. The number of aromatic nitrogens is 1. The Morgan fingerprint density at radius 3 is 2.48 bits per heavy atom. The molecule has 1 aromatic heterocycles. The van der Waals surface area contributed by atoms with Crippen molar-refractivity contribution in [3.63, 3.8) is 0 Å². The molecule has 0 spiro atoms. The molecule has 5 N–H and O–H groups in total. The van der Waals surface area contributed by atoms with Gasteiger partial charge in [0.1, 0.15) is 0 Å². The maximum absolute atomic E-state index is 12.1. The number of benzene rings is 2. The molecule has 0 saturated carbocycles. The first-order valence-electron chi connectivity index (χ1n) is 9.52. The van der Waals surface area contributed by atoms with Gasteiger partial charge in [-0.2, -0.15) is 15.9 Å². The van der Waals surface area contributed by atoms with E-state index in [1.807, 2.05) is 30.5 Å². The van der Waals surface area contributed by atoms with Gasteiger partial charge in [-0.05, 0) is 53.1 Å². The fourth-order valence-corrected chi connectivity index (χ4v) is 5.61. The van der Waals surface area contributed by atoms with E-state index in [0.29, 0.717) is 36.3 Å². The van der Waals surface area contributed by atoms with Gasteiger partial charge >= 0.3 is 0 Å². The summed E-state index contributed by atoms with van der Waals surface area (Å²) in [7, 11) is -2.45. The van der Waals surface area contributed by atoms with Crippen LogP contribution in [-0.2, 0) is 6.42 Å². The SMILES string of the molecule is N#CCc1ccc(-c2cc(C(N)=O)c3[nH]cc(C4CCS(O)(O)CC4)c3c2)cc1. The van der Waals surface area contributed by atoms with Gasteiger partial charge in [-0.3, -0.25) is 13.9 Å². The molecule has 0 radical (unpaired) electrons. The van der Waals surface area contributed by atoms with Crippen molar-refractivity contribution in [2.75, 3.05) is 11.5 Å². The highest BCUT2D eigenvalue weighted by Crippen LogP contribution is 2.49. The van der Waals surface area contributed by atoms with E-state index in [0.717, 1.165) is 33.2 Å². The van der Waals surface area contributed by atoms with Crippen molar-refractivity contribution in [3.8, 4) is 17.2 Å². The highest BCUT2D eigenvalue weighted by atomic mass is 32.3. The highest BCUT2D eigenvalue weighted by molar-refractivity contribution is 8.24. The molecular weight excluding hydrogens is 386 g/mol. The van der Waals surface area contributed by atoms with Gasteiger partial charge in [0, 0.05) is 23.1 Å². The summed E-state index contributed by atoms with van der Waals surface area (Å²) in [6.45, 7) is 0. The number of nitriles is 1. The maximum atomic E-state index is 12.1. The number of carbonyl (C=O) groups is 1. The van der Waals surface area contributed by atoms with Crippen LogP contribution in [0.4, 0.5) is 0 Å². The second-order valence-electron chi connectivity index (χ2n) is 7.57. The second kappa shape index (κ2) is 7.56. The summed E-state index contributed by atoms with van der Waals surface area (Å²) in [5.41, 5.74) is 10.7. The average Bonchev–Trinajstić information content (AvgIpc) is 3.12. The number of aromatic amines is 1. The standard InChI is InChI=1S/C22H23N3O3S/c23-8-5-14-1-3-15(4-2-14)17-11-18-20(16-6-9-29(27,28)10-7-16)13-25-21(18)19(12-17)22(24)26/h1-4,11-13,16,25,27-28H,5-7,9-10H2,(H2,24,26). The van der Waals surface area contributed by atoms with Crippen molar-refractivity contribution in [3.05, 3.63) is 59.3 Å². The van der Waals surface area contributed by atoms with E-state index in [1.165, 1.54) is 0 Å². The third-order valence-corrected chi connectivity index (χ3v) is 7.46. The Kier molecular flexibility index (Phi) is 5.09. The lowest BCUT2D eigenvalue weighted by molar-refractivity contribution is 0.100. The van der Waals surface area contributed by atoms with Crippen molar-refractivity contribution in [1.29, 1.82) is 5.26 Å². The molecule has 1 amide bonds. The van der Waals surface area contributed by atoms with Crippen molar-refractivity contribution >= 4 is 27.4 Å². The molecule has 0 bridgehead atoms. The van der Waals surface area contributed by atoms with E-state index in [9.17, 15) is 13.9 Å². The first kappa shape index (κ1) is 19.5. The molecule has 3 aromatic rings. The summed E-state index contributed by atoms with van der Waals surface area (Å²) < 4.78 is 19.8. The van der Waals surface area contributed by atoms with Gasteiger partial charge in [-0.1, -0.05) is 24.3 Å². The molecule has 4 rings (SSSR count). The normalized spacial score (nSPS) is 17.7. The summed E-state index contributed by atoms with van der Waals surface area (Å²) >= 11 is 0. The van der Waals surface area contributed by atoms with E-state index in [1.54, 1.807) is 6.07 Å². The lowest BCUT2D eigenvalue weighted by atomic mass is 9.90. The molecule has 150 valence electrons. The molecule has 29 heavy (non-hydrogen) atoms. The molecule has 1 fully saturated rings. The monoisotopic (exact) mass is 409 g/mol. The maximum Gasteiger partial charge on any atom is 0.250 e. The zero-order valence-corrected chi connectivity index (χ0v) is 16.7. The average molecular weight is 410 g/mol. The van der Waals surface area contributed by atoms with Gasteiger partial charge in [0.05, 0.1) is 23.6 Å². The topological polar surface area (TPSA) is 123 Å². The minimum Gasteiger partial charge on any atom is -0.366 e. The van der Waals surface area contributed by atoms with Gasteiger partial charge in [0.15, 0.2) is 0 Å². The number of carbonyl (C=O) groups excluding carboxylic acids is 1. The number of hydrogen-bond donors (Lipinski definition) is 4. The number of rotatable bonds is 4. The van der Waals surface area contributed by atoms with E-state index in [2.05, 4.69) is 17.1 Å². The summed E-state index contributed by atoms with van der Waals surface area (Å²) in [5.74, 6) is 0.530. The molecule has 6 nitrogen and oxygen atoms in total. The fourth-order valence-electron chi connectivity index (χ4n) is 4.08. The number of nitrogens with one attached hydrogen (secondary N) is 1. The molecular formula is C22H23N3O3S. The first-order chi connectivity index (χ1) is 13.9. The Balaban J connectivity index is 1.78. The number of hydrogen-bond acceptors (Lipinski definition) is 4. The van der Waals surface area contributed by atoms with Crippen LogP contribution in [0.3, 0.4) is 0 Å². The molecule has 0 aliphatic carbocycles. The molecule has 1 aliphatic heterocycles. The Labute approximate surface area is 170 Å². The van der Waals surface area contributed by atoms with E-state index < -0.39 is 16.5 Å². The van der Waals surface area contributed by atoms with Crippen molar-refractivity contribution in [1.82, 2.24) is 4.98 Å². The molecule has 1 aliphatic rings. The fraction of sp³-hybridized carbons (Fsp3) is 0.273. The Hall–Kier alpha value is -2.79. The Morgan fingerprint density at radius 1 is 1.17 bits per heavy atom. The van der Waals surface area contributed by atoms with E-state index in [-0.39, 0.29) is 5.92 Å².